The Balaban J connectivity index is 0. The van der Waals surface area contributed by atoms with Crippen LogP contribution in [0.25, 0.3) is 0 Å². The van der Waals surface area contributed by atoms with Gasteiger partial charge >= 0.3 is 6.09 Å². The Bertz CT molecular complexity index is 293. The smallest absolute Gasteiger partial charge is 0.408 e. The lowest BCUT2D eigenvalue weighted by Crippen LogP contribution is -3.00. The minimum Gasteiger partial charge on any atom is -1.00 e. The molecule has 0 spiro atoms. The standard InChI is InChI=1S/C12H24N2O3S.HI/c1-12(2,3)17-11(16)14-9(10(15)13-4)7-8-18(5)6;/h9H,7-8H2,1-6H3,(H-,13,14,15,16);1H/t9-;/m1./s1. The third-order valence-electron chi connectivity index (χ3n) is 2.07. The molecule has 0 aliphatic heterocycles. The van der Waals surface area contributed by atoms with Gasteiger partial charge in [0.05, 0.1) is 12.5 Å². The zero-order valence-corrected chi connectivity index (χ0v) is 15.5. The van der Waals surface area contributed by atoms with Crippen molar-refractivity contribution in [2.45, 2.75) is 38.8 Å². The van der Waals surface area contributed by atoms with E-state index in [2.05, 4.69) is 23.1 Å². The monoisotopic (exact) mass is 404 g/mol. The van der Waals surface area contributed by atoms with Crippen LogP contribution in [0.15, 0.2) is 0 Å². The summed E-state index contributed by atoms with van der Waals surface area (Å²) in [5, 5.41) is 5.16. The van der Waals surface area contributed by atoms with Gasteiger partial charge in [0.1, 0.15) is 17.4 Å². The molecule has 0 aromatic carbocycles. The zero-order chi connectivity index (χ0) is 14.3. The number of likely N-dealkylation sites (N-methyl/N-ethyl adjacent to an activating group) is 1. The minimum absolute atomic E-state index is 0. The van der Waals surface area contributed by atoms with Crippen LogP contribution in [0, 0.1) is 0 Å². The summed E-state index contributed by atoms with van der Waals surface area (Å²) in [6, 6.07) is -0.528. The fourth-order valence-corrected chi connectivity index (χ4v) is 1.95. The van der Waals surface area contributed by atoms with Crippen molar-refractivity contribution in [2.75, 3.05) is 25.3 Å². The lowest BCUT2D eigenvalue weighted by molar-refractivity contribution is -0.122. The number of carbonyl (C=O) groups is 2. The van der Waals surface area contributed by atoms with E-state index >= 15 is 0 Å². The highest BCUT2D eigenvalue weighted by Gasteiger charge is 2.24. The maximum atomic E-state index is 11.6. The number of alkyl carbamates (subject to hydrolysis) is 1. The number of halogens is 1. The second-order valence-corrected chi connectivity index (χ2v) is 7.67. The predicted molar refractivity (Wildman–Crippen MR) is 75.9 cm³/mol. The van der Waals surface area contributed by atoms with Crippen LogP contribution >= 0.6 is 0 Å². The molecular weight excluding hydrogens is 379 g/mol. The Morgan fingerprint density at radius 3 is 2.16 bits per heavy atom. The van der Waals surface area contributed by atoms with Crippen LogP contribution in [-0.4, -0.2) is 49.0 Å². The lowest BCUT2D eigenvalue weighted by atomic mass is 10.2. The molecule has 0 saturated carbocycles. The third-order valence-corrected chi connectivity index (χ3v) is 3.12. The van der Waals surface area contributed by atoms with E-state index in [0.29, 0.717) is 6.42 Å². The van der Waals surface area contributed by atoms with Gasteiger partial charge in [-0.3, -0.25) is 4.79 Å². The highest BCUT2D eigenvalue weighted by Crippen LogP contribution is 2.07. The van der Waals surface area contributed by atoms with Gasteiger partial charge in [-0.2, -0.15) is 0 Å². The van der Waals surface area contributed by atoms with Gasteiger partial charge in [-0.05, 0) is 31.7 Å². The Labute approximate surface area is 136 Å². The van der Waals surface area contributed by atoms with Crippen LogP contribution in [0.2, 0.25) is 0 Å². The minimum atomic E-state index is -0.558. The molecule has 0 aromatic heterocycles. The number of hydrogen-bond acceptors (Lipinski definition) is 3. The molecule has 0 unspecified atom stereocenters. The average Bonchev–Trinajstić information content (AvgIpc) is 2.20. The Hall–Kier alpha value is -0.180. The van der Waals surface area contributed by atoms with Crippen molar-refractivity contribution in [1.82, 2.24) is 10.6 Å². The van der Waals surface area contributed by atoms with Crippen molar-refractivity contribution in [3.8, 4) is 0 Å². The van der Waals surface area contributed by atoms with E-state index in [1.807, 2.05) is 0 Å². The summed E-state index contributed by atoms with van der Waals surface area (Å²) < 4.78 is 5.14. The molecule has 0 heterocycles. The first kappa shape index (κ1) is 21.1. The van der Waals surface area contributed by atoms with Gasteiger partial charge in [-0.1, -0.05) is 0 Å². The maximum absolute atomic E-state index is 11.6. The van der Waals surface area contributed by atoms with E-state index in [1.165, 1.54) is 0 Å². The van der Waals surface area contributed by atoms with E-state index in [9.17, 15) is 9.59 Å². The van der Waals surface area contributed by atoms with Crippen molar-refractivity contribution in [3.05, 3.63) is 0 Å². The fraction of sp³-hybridized carbons (Fsp3) is 0.833. The first-order chi connectivity index (χ1) is 8.15. The Morgan fingerprint density at radius 2 is 1.79 bits per heavy atom. The molecule has 2 amide bonds. The largest absolute Gasteiger partial charge is 1.00 e. The second kappa shape index (κ2) is 9.68. The summed E-state index contributed by atoms with van der Waals surface area (Å²) in [7, 11) is 1.80. The van der Waals surface area contributed by atoms with Gasteiger partial charge in [0.2, 0.25) is 5.91 Å². The van der Waals surface area contributed by atoms with E-state index in [0.717, 1.165) is 5.75 Å². The topological polar surface area (TPSA) is 67.4 Å². The highest BCUT2D eigenvalue weighted by atomic mass is 127. The first-order valence-electron chi connectivity index (χ1n) is 5.91. The molecule has 0 rings (SSSR count). The average molecular weight is 404 g/mol. The molecule has 5 nitrogen and oxygen atoms in total. The van der Waals surface area contributed by atoms with Crippen molar-refractivity contribution < 1.29 is 38.3 Å². The second-order valence-electron chi connectivity index (χ2n) is 5.29. The molecule has 0 radical (unpaired) electrons. The van der Waals surface area contributed by atoms with E-state index in [1.54, 1.807) is 27.8 Å². The molecule has 0 bridgehead atoms. The molecule has 7 heteroatoms. The van der Waals surface area contributed by atoms with Crippen LogP contribution in [0.5, 0.6) is 0 Å². The summed E-state index contributed by atoms with van der Waals surface area (Å²) in [5.41, 5.74) is -0.558. The van der Waals surface area contributed by atoms with Gasteiger partial charge in [0.15, 0.2) is 0 Å². The molecule has 0 aliphatic rings. The molecular formula is C12H25IN2O3S. The normalized spacial score (nSPS) is 12.4. The molecule has 0 fully saturated rings. The Kier molecular flexibility index (Phi) is 10.8. The summed E-state index contributed by atoms with van der Waals surface area (Å²) >= 11 is 0. The fourth-order valence-electron chi connectivity index (χ4n) is 1.25. The molecule has 2 N–H and O–H groups in total. The molecule has 0 aliphatic carbocycles. The van der Waals surface area contributed by atoms with Crippen molar-refractivity contribution in [1.29, 1.82) is 0 Å². The van der Waals surface area contributed by atoms with Gasteiger partial charge in [-0.15, -0.1) is 0 Å². The van der Waals surface area contributed by atoms with Crippen LogP contribution < -0.4 is 34.6 Å². The molecule has 0 aromatic rings. The predicted octanol–water partition coefficient (Wildman–Crippen LogP) is -2.10. The number of hydrogen-bond donors (Lipinski definition) is 2. The molecule has 1 atom stereocenters. The van der Waals surface area contributed by atoms with E-state index < -0.39 is 17.7 Å². The quantitative estimate of drug-likeness (QED) is 0.408. The van der Waals surface area contributed by atoms with Gasteiger partial charge in [0, 0.05) is 13.5 Å². The van der Waals surface area contributed by atoms with Crippen molar-refractivity contribution in [2.24, 2.45) is 0 Å². The third kappa shape index (κ3) is 11.4. The van der Waals surface area contributed by atoms with Crippen LogP contribution in [0.1, 0.15) is 27.2 Å². The van der Waals surface area contributed by atoms with Gasteiger partial charge in [-0.25, -0.2) is 4.79 Å². The highest BCUT2D eigenvalue weighted by molar-refractivity contribution is 7.95. The van der Waals surface area contributed by atoms with Gasteiger partial charge in [0.25, 0.3) is 0 Å². The maximum Gasteiger partial charge on any atom is 0.408 e. The first-order valence-corrected chi connectivity index (χ1v) is 8.12. The SMILES string of the molecule is CNC(=O)[C@@H](CC[S+](C)C)NC(=O)OC(C)(C)C.[I-]. The molecule has 0 saturated heterocycles. The summed E-state index contributed by atoms with van der Waals surface area (Å²) in [6.45, 7) is 5.37. The summed E-state index contributed by atoms with van der Waals surface area (Å²) in [5.74, 6) is 0.708. The van der Waals surface area contributed by atoms with Crippen LogP contribution in [0.4, 0.5) is 4.79 Å². The number of nitrogens with one attached hydrogen (secondary N) is 2. The van der Waals surface area contributed by atoms with E-state index in [-0.39, 0.29) is 40.8 Å². The number of carbonyl (C=O) groups excluding carboxylic acids is 2. The number of ether oxygens (including phenoxy) is 1. The Morgan fingerprint density at radius 1 is 1.26 bits per heavy atom. The van der Waals surface area contributed by atoms with Gasteiger partial charge < -0.3 is 39.3 Å². The summed E-state index contributed by atoms with van der Waals surface area (Å²) in [4.78, 5) is 23.3. The van der Waals surface area contributed by atoms with Crippen molar-refractivity contribution >= 4 is 22.9 Å². The number of amides is 2. The van der Waals surface area contributed by atoms with Crippen LogP contribution in [0.3, 0.4) is 0 Å². The molecule has 19 heavy (non-hydrogen) atoms. The lowest BCUT2D eigenvalue weighted by Gasteiger charge is -2.22. The zero-order valence-electron chi connectivity index (χ0n) is 12.5. The van der Waals surface area contributed by atoms with E-state index in [4.69, 9.17) is 4.74 Å². The molecule has 114 valence electrons. The van der Waals surface area contributed by atoms with Crippen LogP contribution in [-0.2, 0) is 20.4 Å². The summed E-state index contributed by atoms with van der Waals surface area (Å²) in [6.07, 6.45) is 4.28. The van der Waals surface area contributed by atoms with Crippen molar-refractivity contribution in [3.63, 3.8) is 0 Å². The number of rotatable bonds is 5.